The van der Waals surface area contributed by atoms with E-state index < -0.39 is 12.2 Å². The van der Waals surface area contributed by atoms with Crippen LogP contribution in [0.4, 0.5) is 13.2 Å². The highest BCUT2D eigenvalue weighted by molar-refractivity contribution is 5.40. The van der Waals surface area contributed by atoms with Gasteiger partial charge in [0.05, 0.1) is 18.9 Å². The molecule has 0 unspecified atom stereocenters. The molecule has 1 aromatic heterocycles. The Morgan fingerprint density at radius 3 is 2.50 bits per heavy atom. The number of alkyl halides is 2. The Kier molecular flexibility index (Phi) is 4.96. The molecule has 0 fully saturated rings. The molecule has 0 N–H and O–H groups in total. The van der Waals surface area contributed by atoms with E-state index in [2.05, 4.69) is 5.10 Å². The van der Waals surface area contributed by atoms with E-state index in [0.717, 1.165) is 5.56 Å². The summed E-state index contributed by atoms with van der Waals surface area (Å²) in [5.74, 6) is -0.418. The molecule has 0 aliphatic heterocycles. The number of hydrogen-bond donors (Lipinski definition) is 0. The van der Waals surface area contributed by atoms with Gasteiger partial charge in [-0.15, -0.1) is 0 Å². The number of nitrogens with zero attached hydrogens (tertiary/aromatic N) is 2. The SMILES string of the molecule is Fc1ccc(-n2ccc(C(F)F)n2)c(COCc2ccccc2)c1. The summed E-state index contributed by atoms with van der Waals surface area (Å²) in [4.78, 5) is 0. The molecule has 0 saturated heterocycles. The zero-order chi connectivity index (χ0) is 16.9. The lowest BCUT2D eigenvalue weighted by Crippen LogP contribution is -2.04. The number of aromatic nitrogens is 2. The maximum atomic E-state index is 13.5. The fraction of sp³-hybridized carbons (Fsp3) is 0.167. The predicted molar refractivity (Wildman–Crippen MR) is 83.4 cm³/mol. The van der Waals surface area contributed by atoms with Crippen molar-refractivity contribution in [3.8, 4) is 5.69 Å². The Hall–Kier alpha value is -2.60. The van der Waals surface area contributed by atoms with Crippen molar-refractivity contribution in [2.24, 2.45) is 0 Å². The van der Waals surface area contributed by atoms with E-state index in [-0.39, 0.29) is 12.3 Å². The molecule has 124 valence electrons. The second kappa shape index (κ2) is 7.31. The van der Waals surface area contributed by atoms with Crippen LogP contribution in [0.15, 0.2) is 60.8 Å². The van der Waals surface area contributed by atoms with Gasteiger partial charge in [0, 0.05) is 11.8 Å². The predicted octanol–water partition coefficient (Wildman–Crippen LogP) is 4.67. The van der Waals surface area contributed by atoms with Gasteiger partial charge in [0.25, 0.3) is 6.43 Å². The second-order valence-electron chi connectivity index (χ2n) is 5.24. The number of benzene rings is 2. The Labute approximate surface area is 137 Å². The Bertz CT molecular complexity index is 803. The summed E-state index contributed by atoms with van der Waals surface area (Å²) >= 11 is 0. The lowest BCUT2D eigenvalue weighted by atomic mass is 10.2. The first kappa shape index (κ1) is 16.3. The van der Waals surface area contributed by atoms with Gasteiger partial charge in [-0.3, -0.25) is 0 Å². The van der Waals surface area contributed by atoms with E-state index in [1.165, 1.54) is 35.1 Å². The van der Waals surface area contributed by atoms with Gasteiger partial charge in [0.1, 0.15) is 11.5 Å². The molecule has 24 heavy (non-hydrogen) atoms. The maximum absolute atomic E-state index is 13.5. The van der Waals surface area contributed by atoms with E-state index in [0.29, 0.717) is 17.9 Å². The van der Waals surface area contributed by atoms with Crippen LogP contribution in [-0.4, -0.2) is 9.78 Å². The molecule has 0 radical (unpaired) electrons. The first-order valence-corrected chi connectivity index (χ1v) is 7.37. The first-order chi connectivity index (χ1) is 11.6. The lowest BCUT2D eigenvalue weighted by Gasteiger charge is -2.11. The van der Waals surface area contributed by atoms with Crippen molar-refractivity contribution in [2.45, 2.75) is 19.6 Å². The summed E-state index contributed by atoms with van der Waals surface area (Å²) < 4.78 is 45.9. The van der Waals surface area contributed by atoms with Crippen LogP contribution in [0.5, 0.6) is 0 Å². The molecule has 3 aromatic rings. The van der Waals surface area contributed by atoms with E-state index in [9.17, 15) is 13.2 Å². The van der Waals surface area contributed by atoms with Gasteiger partial charge in [-0.25, -0.2) is 17.9 Å². The van der Waals surface area contributed by atoms with Gasteiger partial charge in [0.2, 0.25) is 0 Å². The van der Waals surface area contributed by atoms with Crippen LogP contribution in [0.3, 0.4) is 0 Å². The fourth-order valence-corrected chi connectivity index (χ4v) is 2.33. The van der Waals surface area contributed by atoms with E-state index in [1.807, 2.05) is 30.3 Å². The molecule has 0 amide bonds. The number of hydrogen-bond acceptors (Lipinski definition) is 2. The summed E-state index contributed by atoms with van der Waals surface area (Å²) in [6, 6.07) is 14.9. The summed E-state index contributed by atoms with van der Waals surface area (Å²) in [5.41, 5.74) is 1.72. The van der Waals surface area contributed by atoms with Crippen LogP contribution >= 0.6 is 0 Å². The van der Waals surface area contributed by atoms with E-state index in [4.69, 9.17) is 4.74 Å². The first-order valence-electron chi connectivity index (χ1n) is 7.37. The van der Waals surface area contributed by atoms with E-state index in [1.54, 1.807) is 0 Å². The molecule has 1 heterocycles. The Morgan fingerprint density at radius 2 is 1.79 bits per heavy atom. The van der Waals surface area contributed by atoms with Crippen molar-refractivity contribution in [2.75, 3.05) is 0 Å². The molecule has 2 aromatic carbocycles. The third-order valence-corrected chi connectivity index (χ3v) is 3.49. The Balaban J connectivity index is 1.77. The van der Waals surface area contributed by atoms with Crippen LogP contribution in [0.2, 0.25) is 0 Å². The average molecular weight is 332 g/mol. The van der Waals surface area contributed by atoms with Crippen molar-refractivity contribution in [3.05, 3.63) is 83.4 Å². The molecular weight excluding hydrogens is 317 g/mol. The fourth-order valence-electron chi connectivity index (χ4n) is 2.33. The minimum atomic E-state index is -2.65. The molecular formula is C18H15F3N2O. The van der Waals surface area contributed by atoms with Gasteiger partial charge >= 0.3 is 0 Å². The van der Waals surface area contributed by atoms with Gasteiger partial charge in [0.15, 0.2) is 0 Å². The van der Waals surface area contributed by atoms with Gasteiger partial charge in [-0.1, -0.05) is 30.3 Å². The third kappa shape index (κ3) is 3.83. The summed E-state index contributed by atoms with van der Waals surface area (Å²) in [6.45, 7) is 0.518. The number of halogens is 3. The molecule has 0 saturated carbocycles. The van der Waals surface area contributed by atoms with Gasteiger partial charge in [-0.05, 0) is 29.8 Å². The van der Waals surface area contributed by atoms with Crippen molar-refractivity contribution in [1.82, 2.24) is 9.78 Å². The van der Waals surface area contributed by atoms with Crippen LogP contribution in [-0.2, 0) is 18.0 Å². The topological polar surface area (TPSA) is 27.1 Å². The molecule has 3 nitrogen and oxygen atoms in total. The summed E-state index contributed by atoms with van der Waals surface area (Å²) in [6.07, 6.45) is -1.22. The van der Waals surface area contributed by atoms with Gasteiger partial charge in [-0.2, -0.15) is 5.10 Å². The van der Waals surface area contributed by atoms with Crippen LogP contribution in [0, 0.1) is 5.82 Å². The maximum Gasteiger partial charge on any atom is 0.282 e. The molecule has 0 aliphatic rings. The lowest BCUT2D eigenvalue weighted by molar-refractivity contribution is 0.107. The van der Waals surface area contributed by atoms with E-state index >= 15 is 0 Å². The standard InChI is InChI=1S/C18H15F3N2O/c19-15-6-7-17(23-9-8-16(22-23)18(20)21)14(10-15)12-24-11-13-4-2-1-3-5-13/h1-10,18H,11-12H2. The summed E-state index contributed by atoms with van der Waals surface area (Å²) in [7, 11) is 0. The molecule has 0 spiro atoms. The minimum absolute atomic E-state index is 0.145. The van der Waals surface area contributed by atoms with Crippen LogP contribution < -0.4 is 0 Å². The van der Waals surface area contributed by atoms with Crippen LogP contribution in [0.25, 0.3) is 5.69 Å². The number of rotatable bonds is 6. The van der Waals surface area contributed by atoms with Crippen LogP contribution in [0.1, 0.15) is 23.2 Å². The molecule has 6 heteroatoms. The zero-order valence-electron chi connectivity index (χ0n) is 12.7. The Morgan fingerprint density at radius 1 is 1.00 bits per heavy atom. The molecule has 0 aliphatic carbocycles. The monoisotopic (exact) mass is 332 g/mol. The molecule has 0 bridgehead atoms. The molecule has 3 rings (SSSR count). The largest absolute Gasteiger partial charge is 0.372 e. The van der Waals surface area contributed by atoms with Crippen molar-refractivity contribution >= 4 is 0 Å². The number of ether oxygens (including phenoxy) is 1. The zero-order valence-corrected chi connectivity index (χ0v) is 12.7. The highest BCUT2D eigenvalue weighted by Crippen LogP contribution is 2.21. The van der Waals surface area contributed by atoms with Crippen molar-refractivity contribution in [3.63, 3.8) is 0 Å². The smallest absolute Gasteiger partial charge is 0.282 e. The molecule has 0 atom stereocenters. The minimum Gasteiger partial charge on any atom is -0.372 e. The second-order valence-corrected chi connectivity index (χ2v) is 5.24. The van der Waals surface area contributed by atoms with Crippen molar-refractivity contribution in [1.29, 1.82) is 0 Å². The summed E-state index contributed by atoms with van der Waals surface area (Å²) in [5, 5.41) is 3.83. The average Bonchev–Trinajstić information content (AvgIpc) is 3.06. The quantitative estimate of drug-likeness (QED) is 0.656. The highest BCUT2D eigenvalue weighted by Gasteiger charge is 2.13. The highest BCUT2D eigenvalue weighted by atomic mass is 19.3. The van der Waals surface area contributed by atoms with Gasteiger partial charge < -0.3 is 4.74 Å². The normalized spacial score (nSPS) is 11.2. The third-order valence-electron chi connectivity index (χ3n) is 3.49. The van der Waals surface area contributed by atoms with Crippen molar-refractivity contribution < 1.29 is 17.9 Å².